The first-order valence-electron chi connectivity index (χ1n) is 6.82. The Morgan fingerprint density at radius 3 is 2.43 bits per heavy atom. The third-order valence-corrected chi connectivity index (χ3v) is 3.62. The highest BCUT2D eigenvalue weighted by atomic mass is 19.1. The maximum Gasteiger partial charge on any atom is 0.239 e. The highest BCUT2D eigenvalue weighted by molar-refractivity contribution is 6.07. The molecule has 1 aliphatic rings. The monoisotopic (exact) mass is 282 g/mol. The van der Waals surface area contributed by atoms with E-state index >= 15 is 0 Å². The Labute approximate surface area is 122 Å². The Bertz CT molecular complexity index is 680. The summed E-state index contributed by atoms with van der Waals surface area (Å²) in [5.74, 6) is -0.356. The average molecular weight is 282 g/mol. The number of hydrogen-bond acceptors (Lipinski definition) is 2. The zero-order chi connectivity index (χ0) is 14.8. The number of amides is 1. The van der Waals surface area contributed by atoms with Crippen LogP contribution in [0.15, 0.2) is 59.7 Å². The molecule has 0 aliphatic carbocycles. The second-order valence-electron chi connectivity index (χ2n) is 5.06. The molecule has 4 heteroatoms. The minimum atomic E-state index is -0.281. The summed E-state index contributed by atoms with van der Waals surface area (Å²) in [5, 5.41) is 5.89. The smallest absolute Gasteiger partial charge is 0.239 e. The van der Waals surface area contributed by atoms with Crippen molar-refractivity contribution in [3.8, 4) is 0 Å². The van der Waals surface area contributed by atoms with Gasteiger partial charge in [0.25, 0.3) is 0 Å². The van der Waals surface area contributed by atoms with Crippen molar-refractivity contribution in [2.75, 3.05) is 6.54 Å². The van der Waals surface area contributed by atoms with Crippen LogP contribution in [0, 0.1) is 5.82 Å². The molecule has 0 fully saturated rings. The van der Waals surface area contributed by atoms with E-state index in [1.54, 1.807) is 12.1 Å². The van der Waals surface area contributed by atoms with E-state index in [1.165, 1.54) is 24.1 Å². The molecule has 0 spiro atoms. The minimum Gasteiger partial charge on any atom is -0.273 e. The van der Waals surface area contributed by atoms with Crippen LogP contribution in [-0.2, 0) is 4.79 Å². The van der Waals surface area contributed by atoms with Crippen LogP contribution in [-0.4, -0.2) is 23.2 Å². The van der Waals surface area contributed by atoms with Gasteiger partial charge in [-0.15, -0.1) is 0 Å². The quantitative estimate of drug-likeness (QED) is 0.832. The average Bonchev–Trinajstić information content (AvgIpc) is 2.94. The van der Waals surface area contributed by atoms with Gasteiger partial charge in [-0.2, -0.15) is 5.10 Å². The van der Waals surface area contributed by atoms with Crippen molar-refractivity contribution >= 4 is 11.6 Å². The molecule has 1 aliphatic heterocycles. The summed E-state index contributed by atoms with van der Waals surface area (Å²) in [4.78, 5) is 11.6. The Hall–Kier alpha value is -2.49. The zero-order valence-corrected chi connectivity index (χ0v) is 11.7. The fourth-order valence-electron chi connectivity index (χ4n) is 2.53. The van der Waals surface area contributed by atoms with Crippen LogP contribution in [0.25, 0.3) is 0 Å². The maximum absolute atomic E-state index is 13.1. The molecule has 3 nitrogen and oxygen atoms in total. The number of halogens is 1. The van der Waals surface area contributed by atoms with Gasteiger partial charge >= 0.3 is 0 Å². The molecule has 0 N–H and O–H groups in total. The van der Waals surface area contributed by atoms with E-state index < -0.39 is 0 Å². The highest BCUT2D eigenvalue weighted by Gasteiger charge is 2.30. The van der Waals surface area contributed by atoms with E-state index in [0.29, 0.717) is 6.54 Å². The molecule has 1 heterocycles. The molecule has 2 aromatic rings. The van der Waals surface area contributed by atoms with Crippen LogP contribution in [0.1, 0.15) is 24.0 Å². The fraction of sp³-hybridized carbons (Fsp3) is 0.176. The van der Waals surface area contributed by atoms with Crippen molar-refractivity contribution in [1.82, 2.24) is 5.01 Å². The Morgan fingerprint density at radius 2 is 1.81 bits per heavy atom. The minimum absolute atomic E-state index is 0.0144. The first-order chi connectivity index (χ1) is 10.1. The normalized spacial score (nSPS) is 17.7. The van der Waals surface area contributed by atoms with E-state index in [1.807, 2.05) is 30.3 Å². The van der Waals surface area contributed by atoms with E-state index in [9.17, 15) is 9.18 Å². The lowest BCUT2D eigenvalue weighted by Gasteiger charge is -2.14. The summed E-state index contributed by atoms with van der Waals surface area (Å²) in [6.07, 6.45) is 0. The largest absolute Gasteiger partial charge is 0.273 e. The summed E-state index contributed by atoms with van der Waals surface area (Å²) < 4.78 is 13.1. The number of nitrogens with zero attached hydrogens (tertiary/aromatic N) is 2. The predicted molar refractivity (Wildman–Crippen MR) is 79.5 cm³/mol. The maximum atomic E-state index is 13.1. The summed E-state index contributed by atoms with van der Waals surface area (Å²) in [7, 11) is 0. The lowest BCUT2D eigenvalue weighted by Crippen LogP contribution is -2.23. The van der Waals surface area contributed by atoms with Crippen LogP contribution >= 0.6 is 0 Å². The zero-order valence-electron chi connectivity index (χ0n) is 11.7. The molecular formula is C17H15FN2O. The van der Waals surface area contributed by atoms with Crippen molar-refractivity contribution < 1.29 is 9.18 Å². The Kier molecular flexibility index (Phi) is 3.52. The number of rotatable bonds is 2. The van der Waals surface area contributed by atoms with E-state index in [0.717, 1.165) is 16.8 Å². The van der Waals surface area contributed by atoms with Gasteiger partial charge in [-0.1, -0.05) is 42.5 Å². The molecule has 1 amide bonds. The standard InChI is InChI=1S/C17H15FN2O/c1-12(21)20-11-16(13-5-3-2-4-6-13)17(19-20)14-7-9-15(18)10-8-14/h2-10,16H,11H2,1H3. The van der Waals surface area contributed by atoms with E-state index in [2.05, 4.69) is 5.10 Å². The second-order valence-corrected chi connectivity index (χ2v) is 5.06. The van der Waals surface area contributed by atoms with Crippen molar-refractivity contribution in [2.45, 2.75) is 12.8 Å². The lowest BCUT2D eigenvalue weighted by atomic mass is 9.91. The van der Waals surface area contributed by atoms with Gasteiger partial charge in [0.1, 0.15) is 5.82 Å². The molecule has 1 atom stereocenters. The summed E-state index contributed by atoms with van der Waals surface area (Å²) in [6.45, 7) is 2.02. The highest BCUT2D eigenvalue weighted by Crippen LogP contribution is 2.28. The molecule has 0 saturated carbocycles. The molecule has 0 radical (unpaired) electrons. The van der Waals surface area contributed by atoms with Gasteiger partial charge in [-0.25, -0.2) is 9.40 Å². The van der Waals surface area contributed by atoms with Crippen LogP contribution in [0.4, 0.5) is 4.39 Å². The molecule has 0 aromatic heterocycles. The van der Waals surface area contributed by atoms with Crippen LogP contribution in [0.3, 0.4) is 0 Å². The van der Waals surface area contributed by atoms with Gasteiger partial charge in [-0.05, 0) is 23.3 Å². The van der Waals surface area contributed by atoms with Crippen molar-refractivity contribution in [3.05, 3.63) is 71.5 Å². The van der Waals surface area contributed by atoms with E-state index in [4.69, 9.17) is 0 Å². The molecule has 2 aromatic carbocycles. The van der Waals surface area contributed by atoms with Gasteiger partial charge < -0.3 is 0 Å². The summed E-state index contributed by atoms with van der Waals surface area (Å²) >= 11 is 0. The third kappa shape index (κ3) is 2.70. The summed E-state index contributed by atoms with van der Waals surface area (Å²) in [6, 6.07) is 16.2. The van der Waals surface area contributed by atoms with Crippen molar-refractivity contribution in [3.63, 3.8) is 0 Å². The van der Waals surface area contributed by atoms with Crippen LogP contribution < -0.4 is 0 Å². The third-order valence-electron chi connectivity index (χ3n) is 3.62. The summed E-state index contributed by atoms with van der Waals surface area (Å²) in [5.41, 5.74) is 2.75. The Morgan fingerprint density at radius 1 is 1.14 bits per heavy atom. The molecule has 0 saturated heterocycles. The number of hydrazone groups is 1. The molecule has 1 unspecified atom stereocenters. The molecular weight excluding hydrogens is 267 g/mol. The number of benzene rings is 2. The molecule has 0 bridgehead atoms. The number of carbonyl (C=O) groups excluding carboxylic acids is 1. The molecule has 21 heavy (non-hydrogen) atoms. The van der Waals surface area contributed by atoms with Crippen LogP contribution in [0.5, 0.6) is 0 Å². The lowest BCUT2D eigenvalue weighted by molar-refractivity contribution is -0.128. The number of carbonyl (C=O) groups is 1. The molecule has 106 valence electrons. The number of hydrogen-bond donors (Lipinski definition) is 0. The first-order valence-corrected chi connectivity index (χ1v) is 6.82. The SMILES string of the molecule is CC(=O)N1CC(c2ccccc2)C(c2ccc(F)cc2)=N1. The molecule has 3 rings (SSSR count). The fourth-order valence-corrected chi connectivity index (χ4v) is 2.53. The van der Waals surface area contributed by atoms with Gasteiger partial charge in [0, 0.05) is 12.8 Å². The van der Waals surface area contributed by atoms with Gasteiger partial charge in [-0.3, -0.25) is 4.79 Å². The van der Waals surface area contributed by atoms with Crippen molar-refractivity contribution in [1.29, 1.82) is 0 Å². The van der Waals surface area contributed by atoms with E-state index in [-0.39, 0.29) is 17.6 Å². The van der Waals surface area contributed by atoms with Crippen LogP contribution in [0.2, 0.25) is 0 Å². The van der Waals surface area contributed by atoms with Gasteiger partial charge in [0.2, 0.25) is 5.91 Å². The Balaban J connectivity index is 2.01. The van der Waals surface area contributed by atoms with Crippen molar-refractivity contribution in [2.24, 2.45) is 5.10 Å². The van der Waals surface area contributed by atoms with Gasteiger partial charge in [0.05, 0.1) is 12.3 Å². The first kappa shape index (κ1) is 13.5. The topological polar surface area (TPSA) is 32.7 Å². The predicted octanol–water partition coefficient (Wildman–Crippen LogP) is 3.18. The van der Waals surface area contributed by atoms with Gasteiger partial charge in [0.15, 0.2) is 0 Å². The second kappa shape index (κ2) is 5.48.